The van der Waals surface area contributed by atoms with E-state index in [1.807, 2.05) is 39.8 Å². The zero-order valence-electron chi connectivity index (χ0n) is 23.9. The Labute approximate surface area is 230 Å². The van der Waals surface area contributed by atoms with Gasteiger partial charge in [0.05, 0.1) is 0 Å². The molecule has 2 fully saturated rings. The van der Waals surface area contributed by atoms with E-state index in [1.165, 1.54) is 24.8 Å². The van der Waals surface area contributed by atoms with Crippen LogP contribution in [0.15, 0.2) is 27.7 Å². The van der Waals surface area contributed by atoms with Gasteiger partial charge in [-0.2, -0.15) is 0 Å². The molecule has 1 aliphatic heterocycles. The number of fused-ring (bicyclic) bond motifs is 2. The third-order valence-electron chi connectivity index (χ3n) is 8.51. The molecule has 0 unspecified atom stereocenters. The molecule has 39 heavy (non-hydrogen) atoms. The first kappa shape index (κ1) is 27.5. The number of carbonyl (C=O) groups excluding carboxylic acids is 2. The summed E-state index contributed by atoms with van der Waals surface area (Å²) >= 11 is 0. The van der Waals surface area contributed by atoms with Gasteiger partial charge in [0, 0.05) is 30.0 Å². The molecule has 2 heterocycles. The summed E-state index contributed by atoms with van der Waals surface area (Å²) in [5, 5.41) is 8.23. The van der Waals surface area contributed by atoms with Gasteiger partial charge in [0.25, 0.3) is 0 Å². The molecule has 2 aromatic rings. The number of hydrogen-bond donors (Lipinski definition) is 2. The summed E-state index contributed by atoms with van der Waals surface area (Å²) in [6, 6.07) is 6.08. The van der Waals surface area contributed by atoms with Crippen molar-refractivity contribution in [3.8, 4) is 5.75 Å². The van der Waals surface area contributed by atoms with Crippen molar-refractivity contribution in [2.45, 2.75) is 110 Å². The number of alkyl carbamates (subject to hydrolysis) is 1. The van der Waals surface area contributed by atoms with Crippen LogP contribution in [0, 0.1) is 18.8 Å². The number of aryl methyl sites for hydroxylation is 2. The molecule has 0 radical (unpaired) electrons. The normalized spacial score (nSPS) is 23.1. The number of nitrogens with zero attached hydrogens (tertiary/aromatic N) is 1. The molecule has 2 saturated carbocycles. The van der Waals surface area contributed by atoms with Crippen LogP contribution >= 0.6 is 0 Å². The van der Waals surface area contributed by atoms with E-state index in [0.29, 0.717) is 18.0 Å². The summed E-state index contributed by atoms with van der Waals surface area (Å²) in [4.78, 5) is 24.8. The fraction of sp³-hybridized carbons (Fsp3) is 0.645. The van der Waals surface area contributed by atoms with Crippen LogP contribution in [0.25, 0.3) is 11.0 Å². The predicted molar refractivity (Wildman–Crippen MR) is 149 cm³/mol. The molecule has 2 amide bonds. The Morgan fingerprint density at radius 3 is 2.51 bits per heavy atom. The summed E-state index contributed by atoms with van der Waals surface area (Å²) in [5.74, 6) is 1.09. The van der Waals surface area contributed by atoms with Gasteiger partial charge in [0.1, 0.15) is 22.5 Å². The number of rotatable bonds is 4. The minimum atomic E-state index is -0.510. The molecule has 1 aromatic carbocycles. The minimum Gasteiger partial charge on any atom is -0.487 e. The van der Waals surface area contributed by atoms with Crippen molar-refractivity contribution in [1.29, 1.82) is 0 Å². The lowest BCUT2D eigenvalue weighted by Gasteiger charge is -2.41. The van der Waals surface area contributed by atoms with Crippen molar-refractivity contribution >= 4 is 23.0 Å². The maximum atomic E-state index is 12.9. The predicted octanol–water partition coefficient (Wildman–Crippen LogP) is 6.03. The molecule has 0 saturated heterocycles. The van der Waals surface area contributed by atoms with Gasteiger partial charge in [-0.1, -0.05) is 6.42 Å². The van der Waals surface area contributed by atoms with E-state index in [2.05, 4.69) is 21.9 Å². The zero-order valence-corrected chi connectivity index (χ0v) is 23.9. The van der Waals surface area contributed by atoms with Crippen LogP contribution in [-0.4, -0.2) is 29.7 Å². The second-order valence-electron chi connectivity index (χ2n) is 12.8. The molecule has 1 spiro atoms. The molecule has 3 aliphatic rings. The number of carbonyl (C=O) groups is 2. The second-order valence-corrected chi connectivity index (χ2v) is 12.8. The Kier molecular flexibility index (Phi) is 7.92. The molecule has 2 N–H and O–H groups in total. The lowest BCUT2D eigenvalue weighted by atomic mass is 9.79. The summed E-state index contributed by atoms with van der Waals surface area (Å²) in [6.07, 6.45) is 11.0. The average Bonchev–Trinajstić information content (AvgIpc) is 2.89. The Bertz CT molecular complexity index is 1280. The first-order valence-corrected chi connectivity index (χ1v) is 14.7. The van der Waals surface area contributed by atoms with Gasteiger partial charge >= 0.3 is 6.09 Å². The van der Waals surface area contributed by atoms with Gasteiger partial charge in [-0.25, -0.2) is 10.2 Å². The zero-order chi connectivity index (χ0) is 27.6. The maximum Gasteiger partial charge on any atom is 0.407 e. The molecule has 8 heteroatoms. The molecule has 0 atom stereocenters. The largest absolute Gasteiger partial charge is 0.487 e. The van der Waals surface area contributed by atoms with Gasteiger partial charge in [0.2, 0.25) is 11.5 Å². The summed E-state index contributed by atoms with van der Waals surface area (Å²) in [5.41, 5.74) is 5.61. The first-order valence-electron chi connectivity index (χ1n) is 14.7. The van der Waals surface area contributed by atoms with Crippen molar-refractivity contribution < 1.29 is 23.5 Å². The fourth-order valence-corrected chi connectivity index (χ4v) is 6.32. The molecule has 2 aliphatic carbocycles. The number of ether oxygens (including phenoxy) is 2. The van der Waals surface area contributed by atoms with Gasteiger partial charge in [-0.3, -0.25) is 4.79 Å². The fourth-order valence-electron chi connectivity index (χ4n) is 6.32. The highest BCUT2D eigenvalue weighted by atomic mass is 16.6. The van der Waals surface area contributed by atoms with Crippen LogP contribution in [0.4, 0.5) is 4.79 Å². The lowest BCUT2D eigenvalue weighted by molar-refractivity contribution is -0.126. The van der Waals surface area contributed by atoms with E-state index in [0.717, 1.165) is 73.6 Å². The van der Waals surface area contributed by atoms with Crippen LogP contribution in [0.2, 0.25) is 0 Å². The van der Waals surface area contributed by atoms with Crippen molar-refractivity contribution in [3.63, 3.8) is 0 Å². The summed E-state index contributed by atoms with van der Waals surface area (Å²) < 4.78 is 18.0. The van der Waals surface area contributed by atoms with E-state index in [9.17, 15) is 9.59 Å². The quantitative estimate of drug-likeness (QED) is 0.464. The van der Waals surface area contributed by atoms with Gasteiger partial charge in [-0.05, 0) is 115 Å². The Hall–Kier alpha value is -3.03. The molecular weight excluding hydrogens is 494 g/mol. The van der Waals surface area contributed by atoms with Crippen LogP contribution in [-0.2, 0) is 16.0 Å². The monoisotopic (exact) mass is 537 g/mol. The minimum absolute atomic E-state index is 0.0191. The number of nitrogens with one attached hydrogen (secondary N) is 2. The van der Waals surface area contributed by atoms with Gasteiger partial charge in [0.15, 0.2) is 0 Å². The Morgan fingerprint density at radius 2 is 1.79 bits per heavy atom. The highest BCUT2D eigenvalue weighted by Crippen LogP contribution is 2.43. The molecule has 212 valence electrons. The Morgan fingerprint density at radius 1 is 1.05 bits per heavy atom. The standard InChI is InChI=1S/C31H43N3O5/c1-20-16-27(33-34-28(35)22-10-8-21(9-11-22)19-32-29(36)39-30(2,3)4)37-26-18-25-23(17-24(20)26)12-15-31(38-25)13-6-5-7-14-31/h16-18,21-22H,5-15,19H2,1-4H3,(H,32,36)(H,34,35)/b33-27+. The third kappa shape index (κ3) is 6.76. The van der Waals surface area contributed by atoms with Crippen LogP contribution in [0.3, 0.4) is 0 Å². The van der Waals surface area contributed by atoms with Gasteiger partial charge in [-0.15, -0.1) is 5.10 Å². The van der Waals surface area contributed by atoms with Crippen molar-refractivity contribution in [2.75, 3.05) is 6.54 Å². The summed E-state index contributed by atoms with van der Waals surface area (Å²) in [6.45, 7) is 8.16. The molecular formula is C31H43N3O5. The highest BCUT2D eigenvalue weighted by Gasteiger charge is 2.37. The third-order valence-corrected chi connectivity index (χ3v) is 8.51. The first-order chi connectivity index (χ1) is 18.6. The van der Waals surface area contributed by atoms with E-state index in [1.54, 1.807) is 0 Å². The molecule has 0 bridgehead atoms. The highest BCUT2D eigenvalue weighted by molar-refractivity contribution is 5.83. The number of hydrogen-bond acceptors (Lipinski definition) is 6. The smallest absolute Gasteiger partial charge is 0.407 e. The number of amides is 2. The van der Waals surface area contributed by atoms with E-state index in [4.69, 9.17) is 13.9 Å². The lowest BCUT2D eigenvalue weighted by Crippen LogP contribution is -2.41. The molecule has 1 aromatic heterocycles. The summed E-state index contributed by atoms with van der Waals surface area (Å²) in [7, 11) is 0. The van der Waals surface area contributed by atoms with Crippen LogP contribution in [0.5, 0.6) is 5.75 Å². The maximum absolute atomic E-state index is 12.9. The topological polar surface area (TPSA) is 102 Å². The van der Waals surface area contributed by atoms with E-state index in [-0.39, 0.29) is 17.4 Å². The van der Waals surface area contributed by atoms with Crippen molar-refractivity contribution in [3.05, 3.63) is 34.9 Å². The molecule has 8 nitrogen and oxygen atoms in total. The van der Waals surface area contributed by atoms with Crippen molar-refractivity contribution in [2.24, 2.45) is 16.9 Å². The van der Waals surface area contributed by atoms with Crippen LogP contribution in [0.1, 0.15) is 96.1 Å². The van der Waals surface area contributed by atoms with Gasteiger partial charge < -0.3 is 19.2 Å². The second kappa shape index (κ2) is 11.2. The van der Waals surface area contributed by atoms with Crippen molar-refractivity contribution in [1.82, 2.24) is 10.7 Å². The molecule has 5 rings (SSSR count). The average molecular weight is 538 g/mol. The number of benzene rings is 1. The Balaban J connectivity index is 1.19. The van der Waals surface area contributed by atoms with E-state index >= 15 is 0 Å². The van der Waals surface area contributed by atoms with Crippen LogP contribution < -0.4 is 21.0 Å². The van der Waals surface area contributed by atoms with E-state index < -0.39 is 11.7 Å². The SMILES string of the molecule is Cc1c/c(=N\NC(=O)C2CCC(CNC(=O)OC(C)(C)C)CC2)oc2cc3c(cc12)CCC1(CCCCC1)O3.